The maximum absolute atomic E-state index is 12.6. The van der Waals surface area contributed by atoms with Crippen molar-refractivity contribution in [3.8, 4) is 0 Å². The molecule has 0 aromatic heterocycles. The van der Waals surface area contributed by atoms with E-state index < -0.39 is 21.1 Å². The predicted molar refractivity (Wildman–Crippen MR) is 85.3 cm³/mol. The van der Waals surface area contributed by atoms with Gasteiger partial charge in [0.25, 0.3) is 5.69 Å². The quantitative estimate of drug-likeness (QED) is 0.426. The van der Waals surface area contributed by atoms with Crippen LogP contribution >= 0.6 is 0 Å². The molecule has 0 aliphatic heterocycles. The van der Waals surface area contributed by atoms with E-state index in [1.165, 1.54) is 12.1 Å². The number of nitro benzene ring substituents is 1. The summed E-state index contributed by atoms with van der Waals surface area (Å²) < 4.78 is 27.7. The van der Waals surface area contributed by atoms with E-state index in [2.05, 4.69) is 10.0 Å². The smallest absolute Gasteiger partial charge is 0.270 e. The minimum absolute atomic E-state index is 0.121. The summed E-state index contributed by atoms with van der Waals surface area (Å²) in [6.45, 7) is 4.18. The van der Waals surface area contributed by atoms with Crippen molar-refractivity contribution in [1.82, 2.24) is 9.62 Å². The zero-order valence-electron chi connectivity index (χ0n) is 13.2. The summed E-state index contributed by atoms with van der Waals surface area (Å²) in [5, 5.41) is 13.8. The molecule has 9 heteroatoms. The second-order valence-electron chi connectivity index (χ2n) is 4.98. The van der Waals surface area contributed by atoms with Crippen LogP contribution in [0.15, 0.2) is 23.1 Å². The zero-order valence-corrected chi connectivity index (χ0v) is 14.0. The van der Waals surface area contributed by atoms with Crippen LogP contribution < -0.4 is 10.0 Å². The van der Waals surface area contributed by atoms with Gasteiger partial charge in [-0.1, -0.05) is 6.92 Å². The van der Waals surface area contributed by atoms with Crippen LogP contribution in [-0.2, 0) is 10.0 Å². The number of anilines is 1. The molecular weight excluding hydrogens is 308 g/mol. The Morgan fingerprint density at radius 2 is 1.95 bits per heavy atom. The number of hydrogen-bond acceptors (Lipinski definition) is 6. The number of nitro groups is 1. The molecule has 22 heavy (non-hydrogen) atoms. The number of sulfonamides is 1. The molecule has 0 fully saturated rings. The van der Waals surface area contributed by atoms with Crippen LogP contribution in [0.4, 0.5) is 11.4 Å². The molecule has 0 amide bonds. The Kier molecular flexibility index (Phi) is 6.27. The summed E-state index contributed by atoms with van der Waals surface area (Å²) in [4.78, 5) is 11.9. The minimum atomic E-state index is -3.88. The number of non-ortho nitro benzene ring substituents is 1. The molecule has 1 unspecified atom stereocenters. The summed E-state index contributed by atoms with van der Waals surface area (Å²) >= 11 is 0. The van der Waals surface area contributed by atoms with Crippen molar-refractivity contribution in [3.05, 3.63) is 28.3 Å². The van der Waals surface area contributed by atoms with Crippen LogP contribution in [-0.4, -0.2) is 45.0 Å². The molecule has 124 valence electrons. The lowest BCUT2D eigenvalue weighted by molar-refractivity contribution is -0.385. The predicted octanol–water partition coefficient (Wildman–Crippen LogP) is 1.60. The second kappa shape index (κ2) is 7.52. The lowest BCUT2D eigenvalue weighted by Crippen LogP contribution is -2.44. The third kappa shape index (κ3) is 4.39. The summed E-state index contributed by atoms with van der Waals surface area (Å²) in [5.41, 5.74) is 0.0779. The number of benzene rings is 1. The van der Waals surface area contributed by atoms with Crippen LogP contribution in [0.5, 0.6) is 0 Å². The van der Waals surface area contributed by atoms with Crippen LogP contribution in [0.2, 0.25) is 0 Å². The standard InChI is InChI=1S/C13H22N4O4S/c1-5-13(16(3)4)15-22(20,21)12-9-10(17(18)19)7-8-11(12)14-6-2/h7-9,13-15H,5-6H2,1-4H3. The van der Waals surface area contributed by atoms with E-state index in [9.17, 15) is 18.5 Å². The van der Waals surface area contributed by atoms with Gasteiger partial charge in [0.2, 0.25) is 10.0 Å². The van der Waals surface area contributed by atoms with Crippen molar-refractivity contribution >= 4 is 21.4 Å². The van der Waals surface area contributed by atoms with E-state index in [0.717, 1.165) is 6.07 Å². The van der Waals surface area contributed by atoms with Crippen molar-refractivity contribution in [2.24, 2.45) is 0 Å². The Hall–Kier alpha value is -1.71. The molecule has 1 rings (SSSR count). The van der Waals surface area contributed by atoms with Gasteiger partial charge in [-0.3, -0.25) is 15.0 Å². The normalized spacial score (nSPS) is 13.1. The van der Waals surface area contributed by atoms with Crippen molar-refractivity contribution in [1.29, 1.82) is 0 Å². The molecule has 8 nitrogen and oxygen atoms in total. The van der Waals surface area contributed by atoms with Gasteiger partial charge in [0.1, 0.15) is 4.90 Å². The molecule has 0 saturated carbocycles. The van der Waals surface area contributed by atoms with Gasteiger partial charge in [-0.15, -0.1) is 0 Å². The van der Waals surface area contributed by atoms with Gasteiger partial charge < -0.3 is 5.32 Å². The van der Waals surface area contributed by atoms with Gasteiger partial charge in [0.15, 0.2) is 0 Å². The maximum atomic E-state index is 12.6. The number of nitrogens with one attached hydrogen (secondary N) is 2. The Morgan fingerprint density at radius 3 is 2.41 bits per heavy atom. The SMILES string of the molecule is CCNc1ccc([N+](=O)[O-])cc1S(=O)(=O)NC(CC)N(C)C. The summed E-state index contributed by atoms with van der Waals surface area (Å²) in [6, 6.07) is 3.76. The first-order chi connectivity index (χ1) is 10.2. The summed E-state index contributed by atoms with van der Waals surface area (Å²) in [6.07, 6.45) is 0.177. The van der Waals surface area contributed by atoms with E-state index in [-0.39, 0.29) is 10.6 Å². The van der Waals surface area contributed by atoms with Gasteiger partial charge in [-0.05, 0) is 33.5 Å². The average Bonchev–Trinajstić information content (AvgIpc) is 2.44. The highest BCUT2D eigenvalue weighted by Crippen LogP contribution is 2.26. The van der Waals surface area contributed by atoms with E-state index in [1.807, 2.05) is 13.8 Å². The fourth-order valence-corrected chi connectivity index (χ4v) is 3.55. The molecular formula is C13H22N4O4S. The van der Waals surface area contributed by atoms with Crippen LogP contribution in [0, 0.1) is 10.1 Å². The maximum Gasteiger partial charge on any atom is 0.270 e. The highest BCUT2D eigenvalue weighted by molar-refractivity contribution is 7.89. The number of nitrogens with zero attached hydrogens (tertiary/aromatic N) is 2. The first kappa shape index (κ1) is 18.3. The number of rotatable bonds is 8. The van der Waals surface area contributed by atoms with Crippen molar-refractivity contribution in [3.63, 3.8) is 0 Å². The van der Waals surface area contributed by atoms with Gasteiger partial charge in [0, 0.05) is 18.7 Å². The lowest BCUT2D eigenvalue weighted by atomic mass is 10.3. The van der Waals surface area contributed by atoms with Gasteiger partial charge in [0.05, 0.1) is 16.8 Å². The van der Waals surface area contributed by atoms with Crippen LogP contribution in [0.1, 0.15) is 20.3 Å². The Bertz CT molecular complexity index is 631. The molecule has 1 aromatic carbocycles. The largest absolute Gasteiger partial charge is 0.384 e. The Balaban J connectivity index is 3.31. The molecule has 1 atom stereocenters. The molecule has 1 aromatic rings. The molecule has 0 bridgehead atoms. The summed E-state index contributed by atoms with van der Waals surface area (Å²) in [5.74, 6) is 0. The number of hydrogen-bond donors (Lipinski definition) is 2. The first-order valence-corrected chi connectivity index (χ1v) is 8.42. The zero-order chi connectivity index (χ0) is 16.9. The highest BCUT2D eigenvalue weighted by atomic mass is 32.2. The highest BCUT2D eigenvalue weighted by Gasteiger charge is 2.25. The Labute approximate surface area is 130 Å². The van der Waals surface area contributed by atoms with E-state index in [0.29, 0.717) is 18.7 Å². The van der Waals surface area contributed by atoms with Gasteiger partial charge in [-0.2, -0.15) is 4.72 Å². The van der Waals surface area contributed by atoms with E-state index in [4.69, 9.17) is 0 Å². The van der Waals surface area contributed by atoms with Crippen molar-refractivity contribution in [2.75, 3.05) is 26.0 Å². The fourth-order valence-electron chi connectivity index (χ4n) is 1.98. The van der Waals surface area contributed by atoms with Gasteiger partial charge >= 0.3 is 0 Å². The average molecular weight is 330 g/mol. The molecule has 0 aliphatic rings. The van der Waals surface area contributed by atoms with E-state index in [1.54, 1.807) is 19.0 Å². The van der Waals surface area contributed by atoms with Crippen molar-refractivity contribution < 1.29 is 13.3 Å². The van der Waals surface area contributed by atoms with E-state index >= 15 is 0 Å². The molecule has 2 N–H and O–H groups in total. The van der Waals surface area contributed by atoms with Crippen LogP contribution in [0.25, 0.3) is 0 Å². The van der Waals surface area contributed by atoms with Gasteiger partial charge in [-0.25, -0.2) is 8.42 Å². The third-order valence-corrected chi connectivity index (χ3v) is 4.63. The second-order valence-corrected chi connectivity index (χ2v) is 6.66. The first-order valence-electron chi connectivity index (χ1n) is 6.94. The molecule has 0 saturated heterocycles. The third-order valence-electron chi connectivity index (χ3n) is 3.13. The lowest BCUT2D eigenvalue weighted by Gasteiger charge is -2.24. The Morgan fingerprint density at radius 1 is 1.32 bits per heavy atom. The minimum Gasteiger partial charge on any atom is -0.384 e. The molecule has 0 aliphatic carbocycles. The topological polar surface area (TPSA) is 105 Å². The molecule has 0 heterocycles. The monoisotopic (exact) mass is 330 g/mol. The van der Waals surface area contributed by atoms with Crippen LogP contribution in [0.3, 0.4) is 0 Å². The van der Waals surface area contributed by atoms with Crippen molar-refractivity contribution in [2.45, 2.75) is 31.3 Å². The molecule has 0 spiro atoms. The fraction of sp³-hybridized carbons (Fsp3) is 0.538. The molecule has 0 radical (unpaired) electrons. The summed E-state index contributed by atoms with van der Waals surface area (Å²) in [7, 11) is -0.366.